The number of fused-ring (bicyclic) bond motifs is 1. The lowest BCUT2D eigenvalue weighted by molar-refractivity contribution is 0.0697. The minimum Gasteiger partial charge on any atom is -0.478 e. The van der Waals surface area contributed by atoms with Crippen LogP contribution in [-0.4, -0.2) is 16.1 Å². The van der Waals surface area contributed by atoms with Gasteiger partial charge in [-0.2, -0.15) is 0 Å². The van der Waals surface area contributed by atoms with E-state index in [0.29, 0.717) is 5.56 Å². The van der Waals surface area contributed by atoms with Gasteiger partial charge in [0.25, 0.3) is 0 Å². The Morgan fingerprint density at radius 1 is 0.947 bits per heavy atom. The van der Waals surface area contributed by atoms with Gasteiger partial charge in [0.05, 0.1) is 11.1 Å². The van der Waals surface area contributed by atoms with E-state index < -0.39 is 5.97 Å². The molecule has 0 aliphatic heterocycles. The molecule has 0 aliphatic carbocycles. The molecule has 3 aromatic rings. The lowest BCUT2D eigenvalue weighted by Crippen LogP contribution is -1.95. The van der Waals surface area contributed by atoms with Crippen molar-refractivity contribution in [1.82, 2.24) is 4.98 Å². The highest BCUT2D eigenvalue weighted by Gasteiger charge is 2.05. The van der Waals surface area contributed by atoms with Crippen molar-refractivity contribution < 1.29 is 9.90 Å². The van der Waals surface area contributed by atoms with Crippen LogP contribution in [0.4, 0.5) is 0 Å². The van der Waals surface area contributed by atoms with Crippen molar-refractivity contribution in [2.75, 3.05) is 0 Å². The molecule has 0 saturated heterocycles. The number of rotatable bonds is 2. The number of hydrogen-bond acceptors (Lipinski definition) is 2. The van der Waals surface area contributed by atoms with Crippen LogP contribution in [0.1, 0.15) is 10.4 Å². The molecular formula is C16H11NO2. The molecule has 0 amide bonds. The number of carboxylic acid groups (broad SMARTS) is 1. The monoisotopic (exact) mass is 249 g/mol. The summed E-state index contributed by atoms with van der Waals surface area (Å²) in [4.78, 5) is 15.3. The quantitative estimate of drug-likeness (QED) is 0.754. The van der Waals surface area contributed by atoms with Crippen LogP contribution < -0.4 is 0 Å². The van der Waals surface area contributed by atoms with E-state index in [9.17, 15) is 4.79 Å². The first-order valence-electron chi connectivity index (χ1n) is 5.92. The Labute approximate surface area is 110 Å². The molecular weight excluding hydrogens is 238 g/mol. The highest BCUT2D eigenvalue weighted by Crippen LogP contribution is 2.24. The second-order valence-corrected chi connectivity index (χ2v) is 4.30. The van der Waals surface area contributed by atoms with E-state index >= 15 is 0 Å². The van der Waals surface area contributed by atoms with Crippen LogP contribution in [0, 0.1) is 0 Å². The van der Waals surface area contributed by atoms with Gasteiger partial charge in [-0.15, -0.1) is 0 Å². The fourth-order valence-corrected chi connectivity index (χ4v) is 2.09. The van der Waals surface area contributed by atoms with Gasteiger partial charge in [-0.25, -0.2) is 4.79 Å². The fourth-order valence-electron chi connectivity index (χ4n) is 2.09. The van der Waals surface area contributed by atoms with E-state index in [1.54, 1.807) is 24.4 Å². The Balaban J connectivity index is 2.13. The average molecular weight is 249 g/mol. The van der Waals surface area contributed by atoms with E-state index in [-0.39, 0.29) is 0 Å². The summed E-state index contributed by atoms with van der Waals surface area (Å²) in [5.41, 5.74) is 3.11. The summed E-state index contributed by atoms with van der Waals surface area (Å²) >= 11 is 0. The van der Waals surface area contributed by atoms with Crippen LogP contribution in [0.3, 0.4) is 0 Å². The number of aromatic nitrogens is 1. The van der Waals surface area contributed by atoms with Gasteiger partial charge < -0.3 is 5.11 Å². The summed E-state index contributed by atoms with van der Waals surface area (Å²) < 4.78 is 0. The van der Waals surface area contributed by atoms with Crippen LogP contribution in [0.25, 0.3) is 22.0 Å². The van der Waals surface area contributed by atoms with E-state index in [2.05, 4.69) is 4.98 Å². The van der Waals surface area contributed by atoms with Crippen molar-refractivity contribution in [2.45, 2.75) is 0 Å². The molecule has 0 spiro atoms. The highest BCUT2D eigenvalue weighted by molar-refractivity contribution is 5.90. The first-order chi connectivity index (χ1) is 9.24. The minimum atomic E-state index is -0.913. The molecule has 0 atom stereocenters. The molecule has 0 radical (unpaired) electrons. The number of pyridine rings is 1. The number of benzene rings is 2. The summed E-state index contributed by atoms with van der Waals surface area (Å²) in [5.74, 6) is -0.913. The zero-order valence-electron chi connectivity index (χ0n) is 10.1. The smallest absolute Gasteiger partial charge is 0.335 e. The third-order valence-corrected chi connectivity index (χ3v) is 3.05. The maximum Gasteiger partial charge on any atom is 0.335 e. The van der Waals surface area contributed by atoms with E-state index in [4.69, 9.17) is 5.11 Å². The zero-order valence-corrected chi connectivity index (χ0v) is 10.1. The molecule has 3 nitrogen and oxygen atoms in total. The number of carbonyl (C=O) groups is 1. The van der Waals surface area contributed by atoms with Crippen LogP contribution in [0.5, 0.6) is 0 Å². The van der Waals surface area contributed by atoms with Crippen molar-refractivity contribution in [1.29, 1.82) is 0 Å². The van der Waals surface area contributed by atoms with Crippen molar-refractivity contribution in [3.05, 3.63) is 66.4 Å². The molecule has 3 heteroatoms. The van der Waals surface area contributed by atoms with Crippen LogP contribution in [0.15, 0.2) is 60.8 Å². The van der Waals surface area contributed by atoms with Gasteiger partial charge in [0.2, 0.25) is 0 Å². The zero-order chi connectivity index (χ0) is 13.2. The average Bonchev–Trinajstić information content (AvgIpc) is 2.47. The fraction of sp³-hybridized carbons (Fsp3) is 0. The SMILES string of the molecule is O=C(O)c1cccc(-c2ccc3ncccc3c2)c1. The summed E-state index contributed by atoms with van der Waals surface area (Å²) in [6, 6.07) is 16.7. The highest BCUT2D eigenvalue weighted by atomic mass is 16.4. The standard InChI is InChI=1S/C16H11NO2/c18-16(19)14-4-1-3-11(10-14)12-6-7-15-13(9-12)5-2-8-17-15/h1-10H,(H,18,19). The van der Waals surface area contributed by atoms with Gasteiger partial charge in [-0.1, -0.05) is 24.3 Å². The Morgan fingerprint density at radius 3 is 2.63 bits per heavy atom. The lowest BCUT2D eigenvalue weighted by atomic mass is 10.0. The minimum absolute atomic E-state index is 0.295. The summed E-state index contributed by atoms with van der Waals surface area (Å²) in [5, 5.41) is 10.1. The van der Waals surface area contributed by atoms with Crippen molar-refractivity contribution in [3.8, 4) is 11.1 Å². The molecule has 92 valence electrons. The summed E-state index contributed by atoms with van der Waals surface area (Å²) in [6.45, 7) is 0. The predicted octanol–water partition coefficient (Wildman–Crippen LogP) is 3.60. The Morgan fingerprint density at radius 2 is 1.79 bits per heavy atom. The van der Waals surface area contributed by atoms with Crippen molar-refractivity contribution in [2.24, 2.45) is 0 Å². The molecule has 1 heterocycles. The second-order valence-electron chi connectivity index (χ2n) is 4.30. The molecule has 1 aromatic heterocycles. The number of aromatic carboxylic acids is 1. The van der Waals surface area contributed by atoms with Gasteiger partial charge in [0, 0.05) is 11.6 Å². The molecule has 0 bridgehead atoms. The van der Waals surface area contributed by atoms with Crippen LogP contribution in [-0.2, 0) is 0 Å². The molecule has 3 rings (SSSR count). The number of nitrogens with zero attached hydrogens (tertiary/aromatic N) is 1. The molecule has 2 aromatic carbocycles. The Bertz CT molecular complexity index is 765. The third kappa shape index (κ3) is 2.18. The number of carboxylic acids is 1. The maximum absolute atomic E-state index is 11.0. The predicted molar refractivity (Wildman–Crippen MR) is 74.1 cm³/mol. The topological polar surface area (TPSA) is 50.2 Å². The van der Waals surface area contributed by atoms with Gasteiger partial charge in [0.15, 0.2) is 0 Å². The van der Waals surface area contributed by atoms with Gasteiger partial charge in [0.1, 0.15) is 0 Å². The van der Waals surface area contributed by atoms with E-state index in [0.717, 1.165) is 22.0 Å². The Kier molecular flexibility index (Phi) is 2.72. The summed E-state index contributed by atoms with van der Waals surface area (Å²) in [6.07, 6.45) is 1.76. The van der Waals surface area contributed by atoms with Gasteiger partial charge >= 0.3 is 5.97 Å². The first kappa shape index (κ1) is 11.4. The summed E-state index contributed by atoms with van der Waals surface area (Å²) in [7, 11) is 0. The van der Waals surface area contributed by atoms with Crippen LogP contribution >= 0.6 is 0 Å². The van der Waals surface area contributed by atoms with Crippen molar-refractivity contribution in [3.63, 3.8) is 0 Å². The largest absolute Gasteiger partial charge is 0.478 e. The molecule has 0 saturated carbocycles. The van der Waals surface area contributed by atoms with E-state index in [1.165, 1.54) is 0 Å². The first-order valence-corrected chi connectivity index (χ1v) is 5.92. The normalized spacial score (nSPS) is 10.5. The van der Waals surface area contributed by atoms with Crippen LogP contribution in [0.2, 0.25) is 0 Å². The van der Waals surface area contributed by atoms with Crippen molar-refractivity contribution >= 4 is 16.9 Å². The molecule has 19 heavy (non-hydrogen) atoms. The molecule has 1 N–H and O–H groups in total. The van der Waals surface area contributed by atoms with E-state index in [1.807, 2.05) is 36.4 Å². The van der Waals surface area contributed by atoms with Gasteiger partial charge in [-0.05, 0) is 41.5 Å². The molecule has 0 unspecified atom stereocenters. The molecule has 0 aliphatic rings. The lowest BCUT2D eigenvalue weighted by Gasteiger charge is -2.04. The second kappa shape index (κ2) is 4.53. The molecule has 0 fully saturated rings. The van der Waals surface area contributed by atoms with Gasteiger partial charge in [-0.3, -0.25) is 4.98 Å². The third-order valence-electron chi connectivity index (χ3n) is 3.05. The maximum atomic E-state index is 11.0. The Hall–Kier alpha value is -2.68. The number of hydrogen-bond donors (Lipinski definition) is 1.